The Morgan fingerprint density at radius 1 is 0.583 bits per heavy atom. The molecule has 0 heterocycles. The van der Waals surface area contributed by atoms with Crippen LogP contribution in [0.2, 0.25) is 0 Å². The zero-order valence-corrected chi connectivity index (χ0v) is 24.9. The summed E-state index contributed by atoms with van der Waals surface area (Å²) >= 11 is 0. The fraction of sp³-hybridized carbons (Fsp3) is 0.667. The van der Waals surface area contributed by atoms with E-state index >= 15 is 0 Å². The molecule has 0 bridgehead atoms. The standard InChI is InChI=1S/C36H56/c1-8-17-28-24-27-35(25-13-6,31(28)19-10-3)34-30(18-9-2)32(20-11-4)36(26-14-7,33(34)21-12-5)29-22-15-16-23-29/h15-16,22-24,27,29H,8-14,17-21,25-26H2,1-7H3. The number of hydrogen-bond acceptors (Lipinski definition) is 0. The van der Waals surface area contributed by atoms with Gasteiger partial charge in [-0.25, -0.2) is 0 Å². The molecule has 0 spiro atoms. The van der Waals surface area contributed by atoms with Crippen molar-refractivity contribution in [2.75, 3.05) is 0 Å². The van der Waals surface area contributed by atoms with Crippen LogP contribution in [0, 0.1) is 16.7 Å². The monoisotopic (exact) mass is 488 g/mol. The lowest BCUT2D eigenvalue weighted by molar-refractivity contribution is 0.312. The first-order valence-corrected chi connectivity index (χ1v) is 15.8. The molecule has 0 saturated heterocycles. The lowest BCUT2D eigenvalue weighted by Gasteiger charge is -2.42. The van der Waals surface area contributed by atoms with Gasteiger partial charge in [-0.05, 0) is 61.7 Å². The first kappa shape index (κ1) is 29.0. The Morgan fingerprint density at radius 3 is 1.69 bits per heavy atom. The smallest absolute Gasteiger partial charge is 0.0352 e. The van der Waals surface area contributed by atoms with Gasteiger partial charge in [0.1, 0.15) is 0 Å². The van der Waals surface area contributed by atoms with Crippen LogP contribution in [0.3, 0.4) is 0 Å². The number of rotatable bonds is 16. The Morgan fingerprint density at radius 2 is 1.14 bits per heavy atom. The minimum atomic E-state index is 0.116. The van der Waals surface area contributed by atoms with Gasteiger partial charge in [-0.15, -0.1) is 0 Å². The molecular formula is C36H56. The van der Waals surface area contributed by atoms with Crippen LogP contribution in [-0.4, -0.2) is 0 Å². The second-order valence-electron chi connectivity index (χ2n) is 11.6. The highest BCUT2D eigenvalue weighted by Gasteiger charge is 2.53. The van der Waals surface area contributed by atoms with Gasteiger partial charge in [-0.1, -0.05) is 147 Å². The third kappa shape index (κ3) is 4.96. The summed E-state index contributed by atoms with van der Waals surface area (Å²) in [6.45, 7) is 16.8. The van der Waals surface area contributed by atoms with Crippen LogP contribution in [0.25, 0.3) is 0 Å². The zero-order chi connectivity index (χ0) is 26.2. The van der Waals surface area contributed by atoms with Crippen LogP contribution in [0.1, 0.15) is 138 Å². The fourth-order valence-corrected chi connectivity index (χ4v) is 8.17. The third-order valence-electron chi connectivity index (χ3n) is 9.11. The second-order valence-corrected chi connectivity index (χ2v) is 11.6. The molecule has 0 fully saturated rings. The molecule has 0 aromatic rings. The summed E-state index contributed by atoms with van der Waals surface area (Å²) in [5.41, 5.74) is 11.0. The van der Waals surface area contributed by atoms with Crippen LogP contribution in [0.4, 0.5) is 0 Å². The molecule has 2 unspecified atom stereocenters. The normalized spacial score (nSPS) is 26.1. The summed E-state index contributed by atoms with van der Waals surface area (Å²) < 4.78 is 0. The minimum absolute atomic E-state index is 0.116. The van der Waals surface area contributed by atoms with Crippen LogP contribution in [0.15, 0.2) is 69.9 Å². The molecule has 3 aliphatic rings. The van der Waals surface area contributed by atoms with Gasteiger partial charge in [0.05, 0.1) is 0 Å². The molecule has 0 nitrogen and oxygen atoms in total. The molecule has 3 aliphatic carbocycles. The van der Waals surface area contributed by atoms with Crippen molar-refractivity contribution in [1.82, 2.24) is 0 Å². The molecule has 0 saturated carbocycles. The predicted molar refractivity (Wildman–Crippen MR) is 161 cm³/mol. The van der Waals surface area contributed by atoms with Gasteiger partial charge in [0.2, 0.25) is 0 Å². The third-order valence-corrected chi connectivity index (χ3v) is 9.11. The van der Waals surface area contributed by atoms with E-state index in [4.69, 9.17) is 0 Å². The van der Waals surface area contributed by atoms with Gasteiger partial charge in [-0.2, -0.15) is 0 Å². The van der Waals surface area contributed by atoms with Crippen LogP contribution in [0.5, 0.6) is 0 Å². The Kier molecular flexibility index (Phi) is 10.7. The molecule has 0 heteroatoms. The number of allylic oxidation sites excluding steroid dienone is 12. The maximum Gasteiger partial charge on any atom is 0.0352 e. The maximum absolute atomic E-state index is 2.71. The predicted octanol–water partition coefficient (Wildman–Crippen LogP) is 11.8. The van der Waals surface area contributed by atoms with Crippen molar-refractivity contribution in [3.63, 3.8) is 0 Å². The van der Waals surface area contributed by atoms with Gasteiger partial charge in [0.15, 0.2) is 0 Å². The SMILES string of the molecule is CCCC1=C(CCC)C(CCC)(C2=C(CCC)C(CCC)(C3C=CC=C3)C(CCC)=C2CCC)C=C1. The molecule has 0 aliphatic heterocycles. The Balaban J connectivity index is 2.45. The molecule has 0 amide bonds. The fourth-order valence-electron chi connectivity index (χ4n) is 8.17. The summed E-state index contributed by atoms with van der Waals surface area (Å²) in [4.78, 5) is 0. The van der Waals surface area contributed by atoms with Gasteiger partial charge in [0.25, 0.3) is 0 Å². The van der Waals surface area contributed by atoms with Crippen LogP contribution < -0.4 is 0 Å². The van der Waals surface area contributed by atoms with Crippen molar-refractivity contribution in [3.8, 4) is 0 Å². The first-order valence-electron chi connectivity index (χ1n) is 15.8. The Hall–Kier alpha value is -1.56. The molecule has 0 radical (unpaired) electrons. The van der Waals surface area contributed by atoms with E-state index in [9.17, 15) is 0 Å². The van der Waals surface area contributed by atoms with Crippen molar-refractivity contribution >= 4 is 0 Å². The van der Waals surface area contributed by atoms with Crippen molar-refractivity contribution in [2.24, 2.45) is 16.7 Å². The average Bonchev–Trinajstić information content (AvgIpc) is 3.57. The van der Waals surface area contributed by atoms with Crippen LogP contribution in [-0.2, 0) is 0 Å². The molecule has 0 aromatic carbocycles. The molecule has 200 valence electrons. The maximum atomic E-state index is 2.71. The van der Waals surface area contributed by atoms with E-state index < -0.39 is 0 Å². The molecular weight excluding hydrogens is 432 g/mol. The average molecular weight is 489 g/mol. The number of hydrogen-bond donors (Lipinski definition) is 0. The van der Waals surface area contributed by atoms with Gasteiger partial charge in [0, 0.05) is 16.7 Å². The minimum Gasteiger partial charge on any atom is -0.0764 e. The molecule has 0 N–H and O–H groups in total. The van der Waals surface area contributed by atoms with Crippen molar-refractivity contribution in [2.45, 2.75) is 138 Å². The lowest BCUT2D eigenvalue weighted by atomic mass is 9.61. The van der Waals surface area contributed by atoms with Crippen molar-refractivity contribution < 1.29 is 0 Å². The van der Waals surface area contributed by atoms with Gasteiger partial charge >= 0.3 is 0 Å². The summed E-state index contributed by atoms with van der Waals surface area (Å²) in [6.07, 6.45) is 32.5. The lowest BCUT2D eigenvalue weighted by Crippen LogP contribution is -2.32. The highest BCUT2D eigenvalue weighted by Crippen LogP contribution is 2.65. The van der Waals surface area contributed by atoms with E-state index in [1.54, 1.807) is 16.7 Å². The Bertz CT molecular complexity index is 917. The van der Waals surface area contributed by atoms with E-state index in [0.29, 0.717) is 5.92 Å². The van der Waals surface area contributed by atoms with Gasteiger partial charge < -0.3 is 0 Å². The van der Waals surface area contributed by atoms with Gasteiger partial charge in [-0.3, -0.25) is 0 Å². The van der Waals surface area contributed by atoms with Crippen molar-refractivity contribution in [1.29, 1.82) is 0 Å². The largest absolute Gasteiger partial charge is 0.0764 e. The molecule has 0 aromatic heterocycles. The summed E-state index contributed by atoms with van der Waals surface area (Å²) in [7, 11) is 0. The zero-order valence-electron chi connectivity index (χ0n) is 24.9. The second kappa shape index (κ2) is 13.3. The molecule has 36 heavy (non-hydrogen) atoms. The molecule has 3 rings (SSSR count). The Labute approximate surface area is 224 Å². The topological polar surface area (TPSA) is 0 Å². The van der Waals surface area contributed by atoms with E-state index in [1.807, 2.05) is 16.7 Å². The first-order chi connectivity index (χ1) is 17.6. The highest BCUT2D eigenvalue weighted by atomic mass is 14.6. The van der Waals surface area contributed by atoms with Crippen molar-refractivity contribution in [3.05, 3.63) is 69.9 Å². The van der Waals surface area contributed by atoms with E-state index in [0.717, 1.165) is 0 Å². The molecule has 2 atom stereocenters. The quantitative estimate of drug-likeness (QED) is 0.202. The summed E-state index contributed by atoms with van der Waals surface area (Å²) in [6, 6.07) is 0. The highest BCUT2D eigenvalue weighted by molar-refractivity contribution is 5.64. The van der Waals surface area contributed by atoms with E-state index in [-0.39, 0.29) is 10.8 Å². The summed E-state index contributed by atoms with van der Waals surface area (Å²) in [5, 5.41) is 0. The van der Waals surface area contributed by atoms with E-state index in [1.165, 1.54) is 89.9 Å². The van der Waals surface area contributed by atoms with E-state index in [2.05, 4.69) is 84.9 Å². The van der Waals surface area contributed by atoms with Crippen LogP contribution >= 0.6 is 0 Å². The summed E-state index contributed by atoms with van der Waals surface area (Å²) in [5.74, 6) is 0.516.